The summed E-state index contributed by atoms with van der Waals surface area (Å²) in [6, 6.07) is 13.7. The quantitative estimate of drug-likeness (QED) is 0.756. The molecule has 154 valence electrons. The molecule has 3 amide bonds. The van der Waals surface area contributed by atoms with Crippen LogP contribution in [-0.2, 0) is 4.79 Å². The number of nitrogens with zero attached hydrogens (tertiary/aromatic N) is 1. The van der Waals surface area contributed by atoms with Crippen molar-refractivity contribution >= 4 is 23.3 Å². The lowest BCUT2D eigenvalue weighted by atomic mass is 9.85. The number of amides is 3. The Morgan fingerprint density at radius 2 is 1.52 bits per heavy atom. The average molecular weight is 394 g/mol. The summed E-state index contributed by atoms with van der Waals surface area (Å²) in [6.45, 7) is 9.46. The predicted octanol–water partition coefficient (Wildman–Crippen LogP) is 5.13. The van der Waals surface area contributed by atoms with Crippen LogP contribution in [0.4, 0.5) is 16.2 Å². The van der Waals surface area contributed by atoms with E-state index in [1.54, 1.807) is 0 Å². The van der Waals surface area contributed by atoms with Crippen molar-refractivity contribution in [3.05, 3.63) is 59.2 Å². The third-order valence-corrected chi connectivity index (χ3v) is 6.02. The Labute approximate surface area is 173 Å². The zero-order chi connectivity index (χ0) is 21.0. The summed E-state index contributed by atoms with van der Waals surface area (Å²) in [7, 11) is 0. The first-order valence-electron chi connectivity index (χ1n) is 10.3. The van der Waals surface area contributed by atoms with Crippen molar-refractivity contribution in [2.75, 3.05) is 23.7 Å². The molecule has 3 rings (SSSR count). The van der Waals surface area contributed by atoms with E-state index in [9.17, 15) is 9.59 Å². The topological polar surface area (TPSA) is 61.4 Å². The fourth-order valence-corrected chi connectivity index (χ4v) is 3.73. The van der Waals surface area contributed by atoms with Gasteiger partial charge in [-0.15, -0.1) is 0 Å². The molecule has 0 aromatic heterocycles. The Hall–Kier alpha value is -2.82. The van der Waals surface area contributed by atoms with Crippen LogP contribution in [0, 0.1) is 32.6 Å². The first-order chi connectivity index (χ1) is 13.8. The van der Waals surface area contributed by atoms with Gasteiger partial charge in [-0.05, 0) is 74.9 Å². The van der Waals surface area contributed by atoms with Crippen LogP contribution in [0.2, 0.25) is 0 Å². The molecule has 1 unspecified atom stereocenters. The van der Waals surface area contributed by atoms with E-state index in [0.29, 0.717) is 13.1 Å². The third-order valence-electron chi connectivity index (χ3n) is 6.02. The molecule has 1 saturated heterocycles. The van der Waals surface area contributed by atoms with Gasteiger partial charge in [-0.1, -0.05) is 30.7 Å². The largest absolute Gasteiger partial charge is 0.326 e. The zero-order valence-electron chi connectivity index (χ0n) is 17.8. The summed E-state index contributed by atoms with van der Waals surface area (Å²) < 4.78 is 0. The number of aryl methyl sites for hydroxylation is 3. The smallest absolute Gasteiger partial charge is 0.321 e. The Balaban J connectivity index is 1.49. The minimum atomic E-state index is -0.0843. The fourth-order valence-electron chi connectivity index (χ4n) is 3.73. The summed E-state index contributed by atoms with van der Waals surface area (Å²) in [5.41, 5.74) is 5.20. The number of anilines is 2. The van der Waals surface area contributed by atoms with Gasteiger partial charge in [-0.2, -0.15) is 0 Å². The highest BCUT2D eigenvalue weighted by molar-refractivity contribution is 5.92. The average Bonchev–Trinajstić information content (AvgIpc) is 2.72. The number of benzene rings is 2. The van der Waals surface area contributed by atoms with Crippen LogP contribution in [-0.4, -0.2) is 29.9 Å². The van der Waals surface area contributed by atoms with Crippen molar-refractivity contribution < 1.29 is 9.59 Å². The lowest BCUT2D eigenvalue weighted by Gasteiger charge is -2.34. The number of rotatable bonds is 4. The molecule has 1 aliphatic heterocycles. The summed E-state index contributed by atoms with van der Waals surface area (Å²) in [5.74, 6) is 0.250. The van der Waals surface area contributed by atoms with E-state index in [2.05, 4.69) is 17.6 Å². The molecule has 2 aromatic carbocycles. The Morgan fingerprint density at radius 1 is 0.897 bits per heavy atom. The van der Waals surface area contributed by atoms with Crippen LogP contribution in [0.5, 0.6) is 0 Å². The first-order valence-corrected chi connectivity index (χ1v) is 10.3. The highest BCUT2D eigenvalue weighted by atomic mass is 16.2. The molecule has 1 aliphatic rings. The van der Waals surface area contributed by atoms with Gasteiger partial charge in [0.1, 0.15) is 0 Å². The second kappa shape index (κ2) is 9.12. The molecule has 1 atom stereocenters. The van der Waals surface area contributed by atoms with Gasteiger partial charge in [0, 0.05) is 30.4 Å². The number of hydrogen-bond acceptors (Lipinski definition) is 2. The number of hydrogen-bond donors (Lipinski definition) is 2. The van der Waals surface area contributed by atoms with Crippen LogP contribution in [0.3, 0.4) is 0 Å². The van der Waals surface area contributed by atoms with Gasteiger partial charge in [0.2, 0.25) is 5.91 Å². The van der Waals surface area contributed by atoms with E-state index in [4.69, 9.17) is 0 Å². The van der Waals surface area contributed by atoms with Gasteiger partial charge in [0.05, 0.1) is 0 Å². The maximum Gasteiger partial charge on any atom is 0.321 e. The molecule has 0 spiro atoms. The predicted molar refractivity (Wildman–Crippen MR) is 118 cm³/mol. The zero-order valence-corrected chi connectivity index (χ0v) is 17.8. The molecule has 2 aromatic rings. The molecular weight excluding hydrogens is 362 g/mol. The minimum Gasteiger partial charge on any atom is -0.326 e. The minimum absolute atomic E-state index is 0.0517. The summed E-state index contributed by atoms with van der Waals surface area (Å²) in [4.78, 5) is 27.0. The number of nitrogens with one attached hydrogen (secondary N) is 2. The summed E-state index contributed by atoms with van der Waals surface area (Å²) in [6.07, 6.45) is 1.67. The molecule has 0 saturated carbocycles. The highest BCUT2D eigenvalue weighted by Gasteiger charge is 2.30. The van der Waals surface area contributed by atoms with Gasteiger partial charge in [-0.3, -0.25) is 4.79 Å². The van der Waals surface area contributed by atoms with Gasteiger partial charge in [0.25, 0.3) is 0 Å². The van der Waals surface area contributed by atoms with Crippen LogP contribution in [0.1, 0.15) is 36.5 Å². The monoisotopic (exact) mass is 393 g/mol. The van der Waals surface area contributed by atoms with E-state index in [-0.39, 0.29) is 23.8 Å². The maximum atomic E-state index is 12.7. The van der Waals surface area contributed by atoms with Crippen molar-refractivity contribution in [1.82, 2.24) is 4.90 Å². The van der Waals surface area contributed by atoms with Crippen molar-refractivity contribution in [1.29, 1.82) is 0 Å². The van der Waals surface area contributed by atoms with Gasteiger partial charge < -0.3 is 15.5 Å². The molecule has 2 N–H and O–H groups in total. The summed E-state index contributed by atoms with van der Waals surface area (Å²) in [5, 5.41) is 6.00. The van der Waals surface area contributed by atoms with Crippen molar-refractivity contribution in [2.45, 2.75) is 40.5 Å². The van der Waals surface area contributed by atoms with Crippen LogP contribution in [0.15, 0.2) is 42.5 Å². The summed E-state index contributed by atoms with van der Waals surface area (Å²) >= 11 is 0. The van der Waals surface area contributed by atoms with E-state index in [1.165, 1.54) is 11.1 Å². The van der Waals surface area contributed by atoms with Gasteiger partial charge in [0.15, 0.2) is 0 Å². The number of carbonyl (C=O) groups is 2. The molecule has 0 aliphatic carbocycles. The normalized spacial score (nSPS) is 15.7. The van der Waals surface area contributed by atoms with Crippen molar-refractivity contribution in [3.8, 4) is 0 Å². The molecule has 5 nitrogen and oxygen atoms in total. The molecule has 1 heterocycles. The Bertz CT molecular complexity index is 868. The van der Waals surface area contributed by atoms with Gasteiger partial charge >= 0.3 is 6.03 Å². The second-order valence-corrected chi connectivity index (χ2v) is 8.20. The van der Waals surface area contributed by atoms with Crippen LogP contribution in [0.25, 0.3) is 0 Å². The first kappa shape index (κ1) is 20.9. The number of urea groups is 1. The second-order valence-electron chi connectivity index (χ2n) is 8.20. The Morgan fingerprint density at radius 3 is 2.14 bits per heavy atom. The van der Waals surface area contributed by atoms with Crippen molar-refractivity contribution in [3.63, 3.8) is 0 Å². The number of carbonyl (C=O) groups excluding carboxylic acids is 2. The van der Waals surface area contributed by atoms with E-state index in [0.717, 1.165) is 29.8 Å². The number of piperidine rings is 1. The lowest BCUT2D eigenvalue weighted by molar-refractivity contribution is -0.121. The van der Waals surface area contributed by atoms with E-state index >= 15 is 0 Å². The van der Waals surface area contributed by atoms with E-state index in [1.807, 2.05) is 68.1 Å². The molecule has 1 fully saturated rings. The standard InChI is InChI=1S/C24H31N3O2/c1-16-5-8-21(9-6-16)26-24(29)27-13-11-20(12-14-27)19(4)23(28)25-22-10-7-17(2)18(3)15-22/h5-10,15,19-20H,11-14H2,1-4H3,(H,25,28)(H,26,29). The van der Waals surface area contributed by atoms with Crippen LogP contribution < -0.4 is 10.6 Å². The molecule has 29 heavy (non-hydrogen) atoms. The fraction of sp³-hybridized carbons (Fsp3) is 0.417. The number of likely N-dealkylation sites (tertiary alicyclic amines) is 1. The van der Waals surface area contributed by atoms with Crippen molar-refractivity contribution in [2.24, 2.45) is 11.8 Å². The van der Waals surface area contributed by atoms with Crippen LogP contribution >= 0.6 is 0 Å². The highest BCUT2D eigenvalue weighted by Crippen LogP contribution is 2.27. The SMILES string of the molecule is Cc1ccc(NC(=O)N2CCC(C(C)C(=O)Nc3ccc(C)c(C)c3)CC2)cc1. The van der Waals surface area contributed by atoms with Gasteiger partial charge in [-0.25, -0.2) is 4.79 Å². The third kappa shape index (κ3) is 5.37. The maximum absolute atomic E-state index is 12.7. The molecule has 5 heteroatoms. The molecule has 0 radical (unpaired) electrons. The van der Waals surface area contributed by atoms with E-state index < -0.39 is 0 Å². The molecule has 0 bridgehead atoms. The Kier molecular flexibility index (Phi) is 6.57. The lowest BCUT2D eigenvalue weighted by Crippen LogP contribution is -2.43. The molecular formula is C24H31N3O2.